The molecule has 4 aromatic rings. The summed E-state index contributed by atoms with van der Waals surface area (Å²) < 4.78 is 33.9. The van der Waals surface area contributed by atoms with E-state index >= 15 is 0 Å². The molecule has 0 unspecified atom stereocenters. The molecule has 1 saturated heterocycles. The molecular formula is C26H28N6O3S. The highest BCUT2D eigenvalue weighted by molar-refractivity contribution is 7.88. The first-order chi connectivity index (χ1) is 17.4. The van der Waals surface area contributed by atoms with Crippen molar-refractivity contribution in [1.29, 1.82) is 0 Å². The maximum absolute atomic E-state index is 11.5. The minimum Gasteiger partial charge on any atom is -0.371 e. The van der Waals surface area contributed by atoms with Gasteiger partial charge in [-0.2, -0.15) is 0 Å². The Morgan fingerprint density at radius 3 is 2.47 bits per heavy atom. The summed E-state index contributed by atoms with van der Waals surface area (Å²) in [6.07, 6.45) is 6.38. The maximum Gasteiger partial charge on any atom is 0.225 e. The number of rotatable bonds is 5. The number of ether oxygens (including phenoxy) is 1. The fourth-order valence-electron chi connectivity index (χ4n) is 5.16. The number of nitrogens with one attached hydrogen (secondary N) is 1. The summed E-state index contributed by atoms with van der Waals surface area (Å²) >= 11 is 0. The molecule has 0 amide bonds. The van der Waals surface area contributed by atoms with Gasteiger partial charge < -0.3 is 14.2 Å². The van der Waals surface area contributed by atoms with Crippen LogP contribution in [0.2, 0.25) is 0 Å². The van der Waals surface area contributed by atoms with Crippen LogP contribution in [0.5, 0.6) is 0 Å². The molecule has 36 heavy (non-hydrogen) atoms. The normalized spacial score (nSPS) is 18.9. The van der Waals surface area contributed by atoms with Gasteiger partial charge in [0.05, 0.1) is 29.9 Å². The molecule has 0 bridgehead atoms. The van der Waals surface area contributed by atoms with Crippen LogP contribution in [0.25, 0.3) is 22.2 Å². The predicted octanol–water partition coefficient (Wildman–Crippen LogP) is 3.13. The number of piperidine rings is 1. The fraction of sp³-hybridized carbons (Fsp3) is 0.346. The highest BCUT2D eigenvalue weighted by Gasteiger charge is 2.26. The van der Waals surface area contributed by atoms with E-state index in [1.165, 1.54) is 11.8 Å². The molecule has 4 heterocycles. The molecule has 0 spiro atoms. The number of aromatic nitrogens is 4. The van der Waals surface area contributed by atoms with E-state index in [-0.39, 0.29) is 12.1 Å². The van der Waals surface area contributed by atoms with Crippen LogP contribution in [-0.4, -0.2) is 59.9 Å². The number of benzene rings is 2. The van der Waals surface area contributed by atoms with Gasteiger partial charge in [0, 0.05) is 37.1 Å². The van der Waals surface area contributed by atoms with Crippen LogP contribution in [-0.2, 0) is 21.4 Å². The van der Waals surface area contributed by atoms with E-state index in [4.69, 9.17) is 9.72 Å². The molecule has 2 aromatic heterocycles. The van der Waals surface area contributed by atoms with E-state index < -0.39 is 10.0 Å². The van der Waals surface area contributed by atoms with Crippen molar-refractivity contribution >= 4 is 27.0 Å². The summed E-state index contributed by atoms with van der Waals surface area (Å²) in [4.78, 5) is 16.2. The molecule has 0 radical (unpaired) electrons. The number of anilines is 1. The average molecular weight is 505 g/mol. The molecule has 1 atom stereocenters. The number of hydrogen-bond acceptors (Lipinski definition) is 7. The Morgan fingerprint density at radius 1 is 1.00 bits per heavy atom. The lowest BCUT2D eigenvalue weighted by Crippen LogP contribution is -2.44. The number of imidazole rings is 1. The van der Waals surface area contributed by atoms with E-state index in [1.807, 2.05) is 24.5 Å². The number of sulfonamides is 1. The van der Waals surface area contributed by atoms with Crippen LogP contribution in [0.1, 0.15) is 30.3 Å². The second-order valence-corrected chi connectivity index (χ2v) is 11.2. The van der Waals surface area contributed by atoms with Crippen molar-refractivity contribution in [2.75, 3.05) is 30.9 Å². The number of hydrogen-bond donors (Lipinski definition) is 1. The maximum atomic E-state index is 11.5. The standard InChI is InChI=1S/C26H28N6O3S/c1-36(33,34)30-21-9-11-31(12-10-21)26-27-14-20(15-28-26)19-7-8-22-23(13-19)32-24(16-35-17-25(32)29-22)18-5-3-2-4-6-18/h2-8,13-15,21,24,30H,9-12,16-17H2,1H3/t24-/m1/s1. The Hall–Kier alpha value is -3.34. The Balaban J connectivity index is 1.25. The van der Waals surface area contributed by atoms with Crippen LogP contribution in [0, 0.1) is 0 Å². The van der Waals surface area contributed by atoms with Crippen LogP contribution in [0.15, 0.2) is 60.9 Å². The molecule has 186 valence electrons. The molecular weight excluding hydrogens is 476 g/mol. The number of nitrogens with zero attached hydrogens (tertiary/aromatic N) is 5. The van der Waals surface area contributed by atoms with Gasteiger partial charge >= 0.3 is 0 Å². The molecule has 10 heteroatoms. The first-order valence-electron chi connectivity index (χ1n) is 12.1. The molecule has 6 rings (SSSR count). The Morgan fingerprint density at radius 2 is 1.75 bits per heavy atom. The quantitative estimate of drug-likeness (QED) is 0.445. The SMILES string of the molecule is CS(=O)(=O)NC1CCN(c2ncc(-c3ccc4nc5n(c4c3)[C@@H](c3ccccc3)COC5)cn2)CC1. The highest BCUT2D eigenvalue weighted by Crippen LogP contribution is 2.33. The Labute approximate surface area is 210 Å². The van der Waals surface area contributed by atoms with Gasteiger partial charge in [0.1, 0.15) is 12.4 Å². The predicted molar refractivity (Wildman–Crippen MR) is 138 cm³/mol. The average Bonchev–Trinajstić information content (AvgIpc) is 3.27. The summed E-state index contributed by atoms with van der Waals surface area (Å²) in [5.41, 5.74) is 5.19. The lowest BCUT2D eigenvalue weighted by Gasteiger charge is -2.31. The van der Waals surface area contributed by atoms with E-state index in [0.717, 1.165) is 40.8 Å². The Bertz CT molecular complexity index is 1480. The molecule has 0 saturated carbocycles. The zero-order valence-electron chi connectivity index (χ0n) is 20.0. The third-order valence-electron chi connectivity index (χ3n) is 6.90. The van der Waals surface area contributed by atoms with Gasteiger partial charge in [-0.05, 0) is 36.1 Å². The van der Waals surface area contributed by atoms with Crippen molar-refractivity contribution in [3.05, 3.63) is 72.3 Å². The van der Waals surface area contributed by atoms with Crippen molar-refractivity contribution in [2.45, 2.75) is 31.5 Å². The topological polar surface area (TPSA) is 102 Å². The van der Waals surface area contributed by atoms with Gasteiger partial charge in [-0.1, -0.05) is 36.4 Å². The van der Waals surface area contributed by atoms with Gasteiger partial charge in [-0.3, -0.25) is 0 Å². The van der Waals surface area contributed by atoms with Gasteiger partial charge in [0.15, 0.2) is 0 Å². The highest BCUT2D eigenvalue weighted by atomic mass is 32.2. The number of fused-ring (bicyclic) bond motifs is 3. The van der Waals surface area contributed by atoms with Crippen molar-refractivity contribution in [3.8, 4) is 11.1 Å². The zero-order valence-corrected chi connectivity index (χ0v) is 20.9. The fourth-order valence-corrected chi connectivity index (χ4v) is 6.00. The Kier molecular flexibility index (Phi) is 5.94. The van der Waals surface area contributed by atoms with E-state index in [1.54, 1.807) is 0 Å². The van der Waals surface area contributed by atoms with Crippen molar-refractivity contribution < 1.29 is 13.2 Å². The largest absolute Gasteiger partial charge is 0.371 e. The first-order valence-corrected chi connectivity index (χ1v) is 14.0. The molecule has 0 aliphatic carbocycles. The summed E-state index contributed by atoms with van der Waals surface area (Å²) in [6.45, 7) is 2.54. The van der Waals surface area contributed by atoms with Crippen molar-refractivity contribution in [3.63, 3.8) is 0 Å². The van der Waals surface area contributed by atoms with Gasteiger partial charge in [-0.25, -0.2) is 28.1 Å². The summed E-state index contributed by atoms with van der Waals surface area (Å²) in [5.74, 6) is 1.60. The second-order valence-electron chi connectivity index (χ2n) is 9.47. The summed E-state index contributed by atoms with van der Waals surface area (Å²) in [5, 5.41) is 0. The zero-order chi connectivity index (χ0) is 24.7. The molecule has 9 nitrogen and oxygen atoms in total. The second kappa shape index (κ2) is 9.27. The molecule has 2 aliphatic heterocycles. The monoisotopic (exact) mass is 504 g/mol. The van der Waals surface area contributed by atoms with Crippen molar-refractivity contribution in [2.24, 2.45) is 0 Å². The van der Waals surface area contributed by atoms with E-state index in [0.29, 0.717) is 32.3 Å². The minimum atomic E-state index is -3.19. The van der Waals surface area contributed by atoms with E-state index in [9.17, 15) is 8.42 Å². The van der Waals surface area contributed by atoms with Crippen LogP contribution < -0.4 is 9.62 Å². The third kappa shape index (κ3) is 4.59. The van der Waals surface area contributed by atoms with Gasteiger partial charge in [-0.15, -0.1) is 0 Å². The first kappa shape index (κ1) is 23.1. The summed E-state index contributed by atoms with van der Waals surface area (Å²) in [6, 6.07) is 16.7. The van der Waals surface area contributed by atoms with Gasteiger partial charge in [0.25, 0.3) is 0 Å². The third-order valence-corrected chi connectivity index (χ3v) is 7.66. The molecule has 2 aliphatic rings. The van der Waals surface area contributed by atoms with Crippen molar-refractivity contribution in [1.82, 2.24) is 24.2 Å². The van der Waals surface area contributed by atoms with Gasteiger partial charge in [0.2, 0.25) is 16.0 Å². The lowest BCUT2D eigenvalue weighted by atomic mass is 10.1. The lowest BCUT2D eigenvalue weighted by molar-refractivity contribution is 0.0679. The molecule has 1 fully saturated rings. The van der Waals surface area contributed by atoms with Crippen LogP contribution in [0.3, 0.4) is 0 Å². The minimum absolute atomic E-state index is 0.0334. The van der Waals surface area contributed by atoms with Crippen LogP contribution in [0.4, 0.5) is 5.95 Å². The summed E-state index contributed by atoms with van der Waals surface area (Å²) in [7, 11) is -3.19. The smallest absolute Gasteiger partial charge is 0.225 e. The molecule has 1 N–H and O–H groups in total. The van der Waals surface area contributed by atoms with E-state index in [2.05, 4.69) is 60.6 Å². The molecule has 2 aromatic carbocycles. The van der Waals surface area contributed by atoms with Crippen LogP contribution >= 0.6 is 0 Å².